The number of nitrogens with zero attached hydrogens (tertiary/aromatic N) is 3. The van der Waals surface area contributed by atoms with Crippen LogP contribution < -0.4 is 10.6 Å². The van der Waals surface area contributed by atoms with E-state index in [-0.39, 0.29) is 12.5 Å². The summed E-state index contributed by atoms with van der Waals surface area (Å²) in [7, 11) is 1.64. The Morgan fingerprint density at radius 3 is 2.94 bits per heavy atom. The molecule has 1 fully saturated rings. The lowest BCUT2D eigenvalue weighted by atomic mass is 9.79. The lowest BCUT2D eigenvalue weighted by Gasteiger charge is -2.35. The molecule has 0 bridgehead atoms. The van der Waals surface area contributed by atoms with Gasteiger partial charge in [-0.3, -0.25) is 9.48 Å². The van der Waals surface area contributed by atoms with E-state index < -0.39 is 17.9 Å². The highest BCUT2D eigenvalue weighted by Gasteiger charge is 2.30. The number of aryl methyl sites for hydroxylation is 3. The fraction of sp³-hybridized carbons (Fsp3) is 0.565. The van der Waals surface area contributed by atoms with Crippen LogP contribution in [0.4, 0.5) is 5.82 Å². The number of hydrogen-bond acceptors (Lipinski definition) is 6. The van der Waals surface area contributed by atoms with Crippen LogP contribution in [-0.2, 0) is 29.4 Å². The first-order valence-corrected chi connectivity index (χ1v) is 11.4. The number of aromatic nitrogens is 3. The Kier molecular flexibility index (Phi) is 7.04. The minimum atomic E-state index is -1.07. The molecule has 172 valence electrons. The fourth-order valence-corrected chi connectivity index (χ4v) is 4.35. The highest BCUT2D eigenvalue weighted by molar-refractivity contribution is 5.95. The molecule has 0 aromatic carbocycles. The normalized spacial score (nSPS) is 20.5. The first-order chi connectivity index (χ1) is 15.5. The Morgan fingerprint density at radius 1 is 1.34 bits per heavy atom. The molecule has 1 amide bonds. The molecule has 4 rings (SSSR count). The van der Waals surface area contributed by atoms with E-state index in [4.69, 9.17) is 9.72 Å². The van der Waals surface area contributed by atoms with Gasteiger partial charge in [-0.25, -0.2) is 9.78 Å². The van der Waals surface area contributed by atoms with Gasteiger partial charge >= 0.3 is 5.97 Å². The van der Waals surface area contributed by atoms with Crippen molar-refractivity contribution < 1.29 is 19.4 Å². The van der Waals surface area contributed by atoms with E-state index in [0.717, 1.165) is 50.2 Å². The van der Waals surface area contributed by atoms with Crippen LogP contribution in [0.2, 0.25) is 0 Å². The number of anilines is 1. The maximum absolute atomic E-state index is 12.2. The van der Waals surface area contributed by atoms with Crippen molar-refractivity contribution in [3.8, 4) is 0 Å². The van der Waals surface area contributed by atoms with Crippen LogP contribution in [0.15, 0.2) is 24.4 Å². The number of pyridine rings is 1. The van der Waals surface area contributed by atoms with Gasteiger partial charge in [0, 0.05) is 38.5 Å². The number of amides is 1. The van der Waals surface area contributed by atoms with Crippen molar-refractivity contribution in [1.82, 2.24) is 20.1 Å². The van der Waals surface area contributed by atoms with Crippen LogP contribution in [0, 0.1) is 5.92 Å². The quantitative estimate of drug-likeness (QED) is 0.517. The zero-order valence-corrected chi connectivity index (χ0v) is 18.4. The van der Waals surface area contributed by atoms with Crippen molar-refractivity contribution in [2.24, 2.45) is 13.0 Å². The Hall–Kier alpha value is -2.94. The molecule has 9 nitrogen and oxygen atoms in total. The molecular weight excluding hydrogens is 410 g/mol. The largest absolute Gasteiger partial charge is 0.480 e. The second-order valence-electron chi connectivity index (χ2n) is 8.70. The molecule has 2 aromatic rings. The van der Waals surface area contributed by atoms with E-state index in [1.165, 1.54) is 22.9 Å². The lowest BCUT2D eigenvalue weighted by molar-refractivity contribution is -0.140. The minimum Gasteiger partial charge on any atom is -0.480 e. The zero-order valence-electron chi connectivity index (χ0n) is 18.4. The van der Waals surface area contributed by atoms with Crippen molar-refractivity contribution in [1.29, 1.82) is 0 Å². The van der Waals surface area contributed by atoms with Gasteiger partial charge in [0.15, 0.2) is 0 Å². The van der Waals surface area contributed by atoms with Gasteiger partial charge in [-0.1, -0.05) is 6.07 Å². The summed E-state index contributed by atoms with van der Waals surface area (Å²) in [6.07, 6.45) is 8.20. The smallest absolute Gasteiger partial charge is 0.326 e. The minimum absolute atomic E-state index is 0.167. The van der Waals surface area contributed by atoms with Crippen LogP contribution >= 0.6 is 0 Å². The van der Waals surface area contributed by atoms with E-state index in [2.05, 4.69) is 27.9 Å². The van der Waals surface area contributed by atoms with Crippen LogP contribution in [0.25, 0.3) is 0 Å². The standard InChI is InChI=1S/C23H31N5O4/c1-28-20(8-11-25-28)22(29)27-19(23(30)31)9-12-32-18-13-15(14-18)4-6-17-7-5-16-3-2-10-24-21(16)26-17/h5,7-8,11,15,18-19H,2-4,6,9-10,12-14H2,1H3,(H,24,26)(H,27,29)(H,30,31)/t15-,18+,19-/m0/s1. The maximum Gasteiger partial charge on any atom is 0.326 e. The topological polar surface area (TPSA) is 118 Å². The molecule has 3 heterocycles. The summed E-state index contributed by atoms with van der Waals surface area (Å²) >= 11 is 0. The van der Waals surface area contributed by atoms with Gasteiger partial charge in [0.1, 0.15) is 17.6 Å². The fourth-order valence-electron chi connectivity index (χ4n) is 4.35. The molecule has 0 saturated heterocycles. The zero-order chi connectivity index (χ0) is 22.5. The molecule has 1 aliphatic carbocycles. The summed E-state index contributed by atoms with van der Waals surface area (Å²) < 4.78 is 7.27. The van der Waals surface area contributed by atoms with Crippen LogP contribution in [0.1, 0.15) is 53.8 Å². The molecular formula is C23H31N5O4. The average Bonchev–Trinajstić information content (AvgIpc) is 3.19. The van der Waals surface area contributed by atoms with Gasteiger partial charge in [-0.15, -0.1) is 0 Å². The van der Waals surface area contributed by atoms with Gasteiger partial charge in [-0.05, 0) is 62.1 Å². The van der Waals surface area contributed by atoms with E-state index in [1.807, 2.05) is 0 Å². The number of aliphatic carboxylic acids is 1. The van der Waals surface area contributed by atoms with Crippen LogP contribution in [-0.4, -0.2) is 57.0 Å². The maximum atomic E-state index is 12.2. The summed E-state index contributed by atoms with van der Waals surface area (Å²) in [5.41, 5.74) is 2.77. The van der Waals surface area contributed by atoms with Gasteiger partial charge < -0.3 is 20.5 Å². The molecule has 2 aliphatic rings. The van der Waals surface area contributed by atoms with Crippen LogP contribution in [0.3, 0.4) is 0 Å². The van der Waals surface area contributed by atoms with E-state index >= 15 is 0 Å². The highest BCUT2D eigenvalue weighted by atomic mass is 16.5. The number of carbonyl (C=O) groups is 2. The number of carbonyl (C=O) groups excluding carboxylic acids is 1. The number of hydrogen-bond donors (Lipinski definition) is 3. The summed E-state index contributed by atoms with van der Waals surface area (Å²) in [5, 5.41) is 19.3. The molecule has 0 unspecified atom stereocenters. The van der Waals surface area contributed by atoms with E-state index in [9.17, 15) is 14.7 Å². The van der Waals surface area contributed by atoms with Crippen molar-refractivity contribution in [3.05, 3.63) is 41.3 Å². The van der Waals surface area contributed by atoms with Crippen molar-refractivity contribution in [2.45, 2.75) is 57.1 Å². The molecule has 1 aliphatic heterocycles. The Bertz CT molecular complexity index is 954. The van der Waals surface area contributed by atoms with Crippen molar-refractivity contribution >= 4 is 17.7 Å². The first kappa shape index (κ1) is 22.3. The van der Waals surface area contributed by atoms with Crippen molar-refractivity contribution in [3.63, 3.8) is 0 Å². The predicted octanol–water partition coefficient (Wildman–Crippen LogP) is 2.17. The number of carboxylic acids is 1. The third-order valence-corrected chi connectivity index (χ3v) is 6.37. The molecule has 9 heteroatoms. The predicted molar refractivity (Wildman–Crippen MR) is 119 cm³/mol. The first-order valence-electron chi connectivity index (χ1n) is 11.4. The summed E-state index contributed by atoms with van der Waals surface area (Å²) in [4.78, 5) is 28.5. The summed E-state index contributed by atoms with van der Waals surface area (Å²) in [6, 6.07) is 4.90. The van der Waals surface area contributed by atoms with E-state index in [0.29, 0.717) is 18.2 Å². The molecule has 0 spiro atoms. The van der Waals surface area contributed by atoms with Gasteiger partial charge in [0.2, 0.25) is 0 Å². The highest BCUT2D eigenvalue weighted by Crippen LogP contribution is 2.34. The van der Waals surface area contributed by atoms with Crippen molar-refractivity contribution in [2.75, 3.05) is 18.5 Å². The molecule has 0 radical (unpaired) electrons. The lowest BCUT2D eigenvalue weighted by Crippen LogP contribution is -2.42. The number of nitrogens with one attached hydrogen (secondary N) is 2. The summed E-state index contributed by atoms with van der Waals surface area (Å²) in [5.74, 6) is 0.146. The van der Waals surface area contributed by atoms with Gasteiger partial charge in [0.05, 0.1) is 6.10 Å². The van der Waals surface area contributed by atoms with Gasteiger partial charge in [-0.2, -0.15) is 5.10 Å². The number of carboxylic acid groups (broad SMARTS) is 1. The number of fused-ring (bicyclic) bond motifs is 1. The Labute approximate surface area is 187 Å². The SMILES string of the molecule is Cn1nccc1C(=O)N[C@@H](CCO[C@H]1C[C@@H](CCc2ccc3c(n2)NCCC3)C1)C(=O)O. The Balaban J connectivity index is 1.14. The van der Waals surface area contributed by atoms with Gasteiger partial charge in [0.25, 0.3) is 5.91 Å². The monoisotopic (exact) mass is 441 g/mol. The van der Waals surface area contributed by atoms with Crippen LogP contribution in [0.5, 0.6) is 0 Å². The number of rotatable bonds is 10. The second-order valence-corrected chi connectivity index (χ2v) is 8.70. The number of ether oxygens (including phenoxy) is 1. The Morgan fingerprint density at radius 2 is 2.19 bits per heavy atom. The van der Waals surface area contributed by atoms with E-state index in [1.54, 1.807) is 13.1 Å². The third kappa shape index (κ3) is 5.45. The molecule has 32 heavy (non-hydrogen) atoms. The summed E-state index contributed by atoms with van der Waals surface area (Å²) in [6.45, 7) is 1.30. The molecule has 1 saturated carbocycles. The second kappa shape index (κ2) is 10.1. The average molecular weight is 442 g/mol. The third-order valence-electron chi connectivity index (χ3n) is 6.37. The molecule has 2 aromatic heterocycles. The molecule has 3 N–H and O–H groups in total. The molecule has 1 atom stereocenters.